The fourth-order valence-electron chi connectivity index (χ4n) is 8.87. The highest BCUT2D eigenvalue weighted by Crippen LogP contribution is 2.63. The van der Waals surface area contributed by atoms with Crippen molar-refractivity contribution in [1.82, 2.24) is 4.57 Å². The summed E-state index contributed by atoms with van der Waals surface area (Å²) in [5.74, 6) is 0. The molecule has 8 aromatic carbocycles. The van der Waals surface area contributed by atoms with Crippen molar-refractivity contribution < 1.29 is 0 Å². The van der Waals surface area contributed by atoms with Gasteiger partial charge < -0.3 is 4.57 Å². The minimum atomic E-state index is -0.491. The van der Waals surface area contributed by atoms with Crippen LogP contribution in [0.5, 0.6) is 0 Å². The topological polar surface area (TPSA) is 4.93 Å². The van der Waals surface area contributed by atoms with Crippen molar-refractivity contribution in [3.63, 3.8) is 0 Å². The lowest BCUT2D eigenvalue weighted by Crippen LogP contribution is -2.37. The molecule has 0 bridgehead atoms. The number of benzene rings is 8. The summed E-state index contributed by atoms with van der Waals surface area (Å²) in [4.78, 5) is 5.24. The quantitative estimate of drug-likeness (QED) is 0.181. The zero-order valence-corrected chi connectivity index (χ0v) is 29.8. The normalized spacial score (nSPS) is 15.6. The molecule has 0 aliphatic carbocycles. The summed E-state index contributed by atoms with van der Waals surface area (Å²) in [6.07, 6.45) is 0. The lowest BCUT2D eigenvalue weighted by Gasteiger charge is -2.46. The Morgan fingerprint density at radius 3 is 1.75 bits per heavy atom. The van der Waals surface area contributed by atoms with Gasteiger partial charge in [0, 0.05) is 36.0 Å². The minimum Gasteiger partial charge on any atom is -0.309 e. The number of fused-ring (bicyclic) bond motifs is 11. The van der Waals surface area contributed by atoms with Gasteiger partial charge in [0.15, 0.2) is 0 Å². The molecule has 0 radical (unpaired) electrons. The lowest BCUT2D eigenvalue weighted by atomic mass is 9.62. The van der Waals surface area contributed by atoms with Gasteiger partial charge in [-0.15, -0.1) is 0 Å². The standard InChI is InChI=1S/C49H31NS2/c1-3-15-32(16-4-1)36-21-14-28-45-48(36)49(38-22-8-11-26-43(38)51-45)39-23-9-12-27-44(39)52-46-31-33(29-30-40(46)49)35-20-13-25-42-47(35)37-19-7-10-24-41(37)50(42)34-17-5-2-6-18-34/h1-31H. The molecule has 0 saturated carbocycles. The molecule has 2 aliphatic heterocycles. The fourth-order valence-corrected chi connectivity index (χ4v) is 11.3. The molecular weight excluding hydrogens is 667 g/mol. The molecule has 11 rings (SSSR count). The minimum absolute atomic E-state index is 0.491. The van der Waals surface area contributed by atoms with E-state index in [1.165, 1.54) is 91.6 Å². The molecule has 1 aromatic heterocycles. The Balaban J connectivity index is 1.21. The molecular formula is C49H31NS2. The van der Waals surface area contributed by atoms with Crippen molar-refractivity contribution >= 4 is 45.3 Å². The number of rotatable bonds is 3. The Hall–Kier alpha value is -5.74. The predicted molar refractivity (Wildman–Crippen MR) is 218 cm³/mol. The van der Waals surface area contributed by atoms with Crippen LogP contribution in [0.2, 0.25) is 0 Å². The van der Waals surface area contributed by atoms with Gasteiger partial charge >= 0.3 is 0 Å². The second-order valence-electron chi connectivity index (χ2n) is 13.6. The monoisotopic (exact) mass is 697 g/mol. The summed E-state index contributed by atoms with van der Waals surface area (Å²) in [7, 11) is 0. The first kappa shape index (κ1) is 29.9. The zero-order chi connectivity index (χ0) is 34.2. The second kappa shape index (κ2) is 11.6. The van der Waals surface area contributed by atoms with Crippen LogP contribution in [0.1, 0.15) is 22.3 Å². The van der Waals surface area contributed by atoms with Crippen LogP contribution in [-0.2, 0) is 5.41 Å². The Labute approximate surface area is 311 Å². The molecule has 1 spiro atoms. The second-order valence-corrected chi connectivity index (χ2v) is 15.8. The van der Waals surface area contributed by atoms with Gasteiger partial charge in [0.05, 0.1) is 16.4 Å². The highest BCUT2D eigenvalue weighted by molar-refractivity contribution is 8.00. The number of hydrogen-bond acceptors (Lipinski definition) is 2. The van der Waals surface area contributed by atoms with E-state index in [0.717, 1.165) is 0 Å². The molecule has 2 aliphatic rings. The van der Waals surface area contributed by atoms with Crippen molar-refractivity contribution in [2.45, 2.75) is 25.0 Å². The number of para-hydroxylation sites is 2. The molecule has 1 atom stereocenters. The van der Waals surface area contributed by atoms with Gasteiger partial charge in [0.1, 0.15) is 0 Å². The molecule has 9 aromatic rings. The highest BCUT2D eigenvalue weighted by atomic mass is 32.2. The average Bonchev–Trinajstić information content (AvgIpc) is 3.56. The summed E-state index contributed by atoms with van der Waals surface area (Å²) in [6, 6.07) is 69.7. The van der Waals surface area contributed by atoms with E-state index in [1.807, 2.05) is 23.5 Å². The van der Waals surface area contributed by atoms with Crippen molar-refractivity contribution in [3.05, 3.63) is 210 Å². The molecule has 3 heteroatoms. The molecule has 0 N–H and O–H groups in total. The SMILES string of the molecule is c1ccc(-c2cccc3c2C2(c4ccccc4Sc4cc(-c5cccc6c5c5ccccc5n6-c5ccccc5)ccc42)c2ccccc2S3)cc1. The molecule has 52 heavy (non-hydrogen) atoms. The number of aromatic nitrogens is 1. The molecule has 3 heterocycles. The van der Waals surface area contributed by atoms with Crippen molar-refractivity contribution in [2.75, 3.05) is 0 Å². The third-order valence-corrected chi connectivity index (χ3v) is 13.2. The summed E-state index contributed by atoms with van der Waals surface area (Å²) in [5.41, 5.74) is 13.6. The smallest absolute Gasteiger partial charge is 0.0751 e. The summed E-state index contributed by atoms with van der Waals surface area (Å²) < 4.78 is 2.41. The molecule has 0 fully saturated rings. The van der Waals surface area contributed by atoms with Crippen molar-refractivity contribution in [2.24, 2.45) is 0 Å². The van der Waals surface area contributed by atoms with Crippen LogP contribution >= 0.6 is 23.5 Å². The third-order valence-electron chi connectivity index (χ3n) is 10.9. The van der Waals surface area contributed by atoms with E-state index < -0.39 is 5.41 Å². The van der Waals surface area contributed by atoms with Crippen LogP contribution in [-0.4, -0.2) is 4.57 Å². The number of hydrogen-bond donors (Lipinski definition) is 0. The van der Waals surface area contributed by atoms with E-state index in [1.54, 1.807) is 0 Å². The van der Waals surface area contributed by atoms with E-state index in [2.05, 4.69) is 193 Å². The Bertz CT molecular complexity index is 2840. The van der Waals surface area contributed by atoms with E-state index in [0.29, 0.717) is 0 Å². The Morgan fingerprint density at radius 1 is 0.385 bits per heavy atom. The average molecular weight is 698 g/mol. The van der Waals surface area contributed by atoms with Crippen molar-refractivity contribution in [3.8, 4) is 27.9 Å². The zero-order valence-electron chi connectivity index (χ0n) is 28.2. The van der Waals surface area contributed by atoms with Gasteiger partial charge in [-0.05, 0) is 93.0 Å². The first-order valence-electron chi connectivity index (χ1n) is 17.8. The molecule has 1 nitrogen and oxygen atoms in total. The fraction of sp³-hybridized carbons (Fsp3) is 0.0204. The van der Waals surface area contributed by atoms with Gasteiger partial charge in [0.2, 0.25) is 0 Å². The highest BCUT2D eigenvalue weighted by Gasteiger charge is 2.50. The predicted octanol–water partition coefficient (Wildman–Crippen LogP) is 13.4. The molecule has 0 saturated heterocycles. The van der Waals surface area contributed by atoms with Gasteiger partial charge in [-0.3, -0.25) is 0 Å². The Morgan fingerprint density at radius 2 is 0.962 bits per heavy atom. The first-order chi connectivity index (χ1) is 25.8. The largest absolute Gasteiger partial charge is 0.309 e. The van der Waals surface area contributed by atoms with Crippen LogP contribution in [0.4, 0.5) is 0 Å². The lowest BCUT2D eigenvalue weighted by molar-refractivity contribution is 0.669. The van der Waals surface area contributed by atoms with Gasteiger partial charge in [-0.25, -0.2) is 0 Å². The van der Waals surface area contributed by atoms with Crippen LogP contribution in [0.25, 0.3) is 49.7 Å². The van der Waals surface area contributed by atoms with E-state index in [4.69, 9.17) is 0 Å². The Kier molecular flexibility index (Phi) is 6.70. The van der Waals surface area contributed by atoms with Crippen molar-refractivity contribution in [1.29, 1.82) is 0 Å². The molecule has 244 valence electrons. The summed E-state index contributed by atoms with van der Waals surface area (Å²) >= 11 is 3.81. The van der Waals surface area contributed by atoms with Crippen LogP contribution in [0, 0.1) is 0 Å². The summed E-state index contributed by atoms with van der Waals surface area (Å²) in [5, 5.41) is 2.55. The first-order valence-corrected chi connectivity index (χ1v) is 19.4. The maximum Gasteiger partial charge on any atom is 0.0751 e. The maximum atomic E-state index is 2.47. The molecule has 1 unspecified atom stereocenters. The summed E-state index contributed by atoms with van der Waals surface area (Å²) in [6.45, 7) is 0. The van der Waals surface area contributed by atoms with Crippen LogP contribution in [0.15, 0.2) is 208 Å². The van der Waals surface area contributed by atoms with E-state index >= 15 is 0 Å². The van der Waals surface area contributed by atoms with Crippen LogP contribution < -0.4 is 0 Å². The van der Waals surface area contributed by atoms with E-state index in [9.17, 15) is 0 Å². The van der Waals surface area contributed by atoms with Crippen LogP contribution in [0.3, 0.4) is 0 Å². The maximum absolute atomic E-state index is 2.47. The molecule has 0 amide bonds. The number of nitrogens with zero attached hydrogens (tertiary/aromatic N) is 1. The third kappa shape index (κ3) is 4.21. The van der Waals surface area contributed by atoms with Gasteiger partial charge in [-0.2, -0.15) is 0 Å². The van der Waals surface area contributed by atoms with E-state index in [-0.39, 0.29) is 0 Å². The van der Waals surface area contributed by atoms with Gasteiger partial charge in [0.25, 0.3) is 0 Å². The van der Waals surface area contributed by atoms with Gasteiger partial charge in [-0.1, -0.05) is 163 Å².